The number of piperidine rings is 1. The molecule has 1 saturated carbocycles. The van der Waals surface area contributed by atoms with Crippen molar-refractivity contribution in [3.63, 3.8) is 0 Å². The molecular formula is C15H21N3O4S. The molecular weight excluding hydrogens is 318 g/mol. The van der Waals surface area contributed by atoms with Gasteiger partial charge in [-0.05, 0) is 18.9 Å². The van der Waals surface area contributed by atoms with Gasteiger partial charge >= 0.3 is 0 Å². The van der Waals surface area contributed by atoms with Crippen LogP contribution in [-0.4, -0.2) is 48.6 Å². The van der Waals surface area contributed by atoms with E-state index in [1.807, 2.05) is 0 Å². The average molecular weight is 339 g/mol. The number of sulfonamides is 1. The summed E-state index contributed by atoms with van der Waals surface area (Å²) in [6, 6.07) is 1.17. The van der Waals surface area contributed by atoms with Crippen LogP contribution in [0, 0.1) is 5.92 Å². The summed E-state index contributed by atoms with van der Waals surface area (Å²) in [5.74, 6) is -0.319. The molecule has 1 amide bonds. The van der Waals surface area contributed by atoms with Crippen LogP contribution in [0.1, 0.15) is 36.2 Å². The minimum atomic E-state index is -3.70. The van der Waals surface area contributed by atoms with Crippen molar-refractivity contribution in [2.45, 2.75) is 36.6 Å². The largest absolute Gasteiger partial charge is 0.354 e. The molecule has 0 unspecified atom stereocenters. The van der Waals surface area contributed by atoms with E-state index in [9.17, 15) is 18.0 Å². The molecule has 0 spiro atoms. The second-order valence-corrected chi connectivity index (χ2v) is 8.08. The number of aromatic nitrogens is 1. The highest BCUT2D eigenvalue weighted by atomic mass is 32.2. The van der Waals surface area contributed by atoms with E-state index in [-0.39, 0.29) is 41.5 Å². The lowest BCUT2D eigenvalue weighted by atomic mass is 9.92. The van der Waals surface area contributed by atoms with Gasteiger partial charge in [-0.25, -0.2) is 8.42 Å². The molecule has 0 bridgehead atoms. The summed E-state index contributed by atoms with van der Waals surface area (Å²) in [5.41, 5.74) is 0.294. The molecule has 0 aromatic carbocycles. The van der Waals surface area contributed by atoms with Crippen LogP contribution in [0.25, 0.3) is 0 Å². The molecule has 1 aromatic rings. The number of nitrogens with one attached hydrogen (secondary N) is 1. The van der Waals surface area contributed by atoms with Gasteiger partial charge < -0.3 is 9.88 Å². The molecule has 126 valence electrons. The van der Waals surface area contributed by atoms with E-state index in [0.717, 1.165) is 19.3 Å². The monoisotopic (exact) mass is 339 g/mol. The molecule has 0 radical (unpaired) electrons. The van der Waals surface area contributed by atoms with Crippen LogP contribution in [0.5, 0.6) is 0 Å². The molecule has 7 nitrogen and oxygen atoms in total. The second kappa shape index (κ2) is 5.76. The highest BCUT2D eigenvalue weighted by Crippen LogP contribution is 2.37. The molecule has 2 atom stereocenters. The fourth-order valence-electron chi connectivity index (χ4n) is 3.70. The lowest BCUT2D eigenvalue weighted by Crippen LogP contribution is -2.49. The Morgan fingerprint density at radius 2 is 2.09 bits per heavy atom. The third kappa shape index (κ3) is 2.59. The van der Waals surface area contributed by atoms with Crippen LogP contribution in [0.15, 0.2) is 17.2 Å². The molecule has 1 aromatic heterocycles. The number of aryl methyl sites for hydroxylation is 1. The van der Waals surface area contributed by atoms with E-state index in [0.29, 0.717) is 5.69 Å². The minimum absolute atomic E-state index is 0.110. The van der Waals surface area contributed by atoms with E-state index >= 15 is 0 Å². The highest BCUT2D eigenvalue weighted by molar-refractivity contribution is 7.89. The van der Waals surface area contributed by atoms with Crippen molar-refractivity contribution in [1.82, 2.24) is 14.2 Å². The van der Waals surface area contributed by atoms with Gasteiger partial charge in [-0.15, -0.1) is 0 Å². The van der Waals surface area contributed by atoms with Gasteiger partial charge in [0.15, 0.2) is 0 Å². The van der Waals surface area contributed by atoms with Crippen LogP contribution in [0.3, 0.4) is 0 Å². The highest BCUT2D eigenvalue weighted by Gasteiger charge is 2.45. The summed E-state index contributed by atoms with van der Waals surface area (Å²) in [7, 11) is -0.559. The summed E-state index contributed by atoms with van der Waals surface area (Å²) in [4.78, 5) is 23.9. The number of rotatable bonds is 3. The number of fused-ring (bicyclic) bond motifs is 1. The Kier molecular flexibility index (Phi) is 4.05. The summed E-state index contributed by atoms with van der Waals surface area (Å²) < 4.78 is 28.9. The zero-order chi connectivity index (χ0) is 16.8. The maximum atomic E-state index is 13.0. The molecule has 2 aliphatic rings. The molecule has 1 N–H and O–H groups in total. The van der Waals surface area contributed by atoms with Gasteiger partial charge in [0.05, 0.1) is 0 Å². The topological polar surface area (TPSA) is 88.5 Å². The number of Topliss-reactive ketones (excluding diaryl/α,β-unsaturated/α-hetero) is 1. The first kappa shape index (κ1) is 16.2. The second-order valence-electron chi connectivity index (χ2n) is 6.19. The SMILES string of the molecule is CNC(=O)c1cc(S(=O)(=O)N2CCC(=O)[C@H]3CCC[C@H]32)cn1C. The molecule has 2 fully saturated rings. The zero-order valence-corrected chi connectivity index (χ0v) is 14.1. The van der Waals surface area contributed by atoms with E-state index in [2.05, 4.69) is 5.32 Å². The van der Waals surface area contributed by atoms with E-state index < -0.39 is 10.0 Å². The Bertz CT molecular complexity index is 753. The number of ketones is 1. The smallest absolute Gasteiger partial charge is 0.267 e. The first-order valence-electron chi connectivity index (χ1n) is 7.79. The number of carbonyl (C=O) groups excluding carboxylic acids is 2. The van der Waals surface area contributed by atoms with E-state index in [1.54, 1.807) is 7.05 Å². The Morgan fingerprint density at radius 3 is 2.78 bits per heavy atom. The average Bonchev–Trinajstić information content (AvgIpc) is 3.14. The third-order valence-electron chi connectivity index (χ3n) is 4.89. The van der Waals surface area contributed by atoms with Crippen LogP contribution in [0.2, 0.25) is 0 Å². The van der Waals surface area contributed by atoms with Crippen molar-refractivity contribution in [2.75, 3.05) is 13.6 Å². The Hall–Kier alpha value is -1.67. The maximum Gasteiger partial charge on any atom is 0.267 e. The fraction of sp³-hybridized carbons (Fsp3) is 0.600. The van der Waals surface area contributed by atoms with Gasteiger partial charge in [0.25, 0.3) is 5.91 Å². The van der Waals surface area contributed by atoms with Gasteiger partial charge in [0.2, 0.25) is 10.0 Å². The summed E-state index contributed by atoms with van der Waals surface area (Å²) >= 11 is 0. The first-order valence-corrected chi connectivity index (χ1v) is 9.23. The minimum Gasteiger partial charge on any atom is -0.354 e. The van der Waals surface area contributed by atoms with Gasteiger partial charge in [-0.2, -0.15) is 4.31 Å². The number of nitrogens with zero attached hydrogens (tertiary/aromatic N) is 2. The van der Waals surface area contributed by atoms with Crippen LogP contribution in [-0.2, 0) is 21.9 Å². The molecule has 1 saturated heterocycles. The Labute approximate surface area is 135 Å². The predicted molar refractivity (Wildman–Crippen MR) is 83.4 cm³/mol. The lowest BCUT2D eigenvalue weighted by molar-refractivity contribution is -0.126. The number of amides is 1. The van der Waals surface area contributed by atoms with Gasteiger partial charge in [-0.3, -0.25) is 9.59 Å². The zero-order valence-electron chi connectivity index (χ0n) is 13.3. The van der Waals surface area contributed by atoms with Crippen molar-refractivity contribution >= 4 is 21.7 Å². The van der Waals surface area contributed by atoms with Crippen molar-refractivity contribution in [3.8, 4) is 0 Å². The van der Waals surface area contributed by atoms with E-state index in [1.165, 1.54) is 28.2 Å². The van der Waals surface area contributed by atoms with Crippen LogP contribution < -0.4 is 5.32 Å². The molecule has 2 heterocycles. The Balaban J connectivity index is 1.96. The molecule has 23 heavy (non-hydrogen) atoms. The summed E-state index contributed by atoms with van der Waals surface area (Å²) in [6.07, 6.45) is 4.11. The van der Waals surface area contributed by atoms with Gasteiger partial charge in [0, 0.05) is 45.2 Å². The summed E-state index contributed by atoms with van der Waals surface area (Å²) in [6.45, 7) is 0.229. The van der Waals surface area contributed by atoms with Gasteiger partial charge in [0.1, 0.15) is 16.4 Å². The number of hydrogen-bond donors (Lipinski definition) is 1. The summed E-state index contributed by atoms with van der Waals surface area (Å²) in [5, 5.41) is 2.50. The van der Waals surface area contributed by atoms with Crippen molar-refractivity contribution in [3.05, 3.63) is 18.0 Å². The maximum absolute atomic E-state index is 13.0. The standard InChI is InChI=1S/C15H21N3O4S/c1-16-15(20)13-8-10(9-17(13)2)23(21,22)18-7-6-14(19)11-4-3-5-12(11)18/h8-9,11-12H,3-7H2,1-2H3,(H,16,20)/t11-,12+/m0/s1. The van der Waals surface area contributed by atoms with Crippen molar-refractivity contribution in [2.24, 2.45) is 13.0 Å². The van der Waals surface area contributed by atoms with E-state index in [4.69, 9.17) is 0 Å². The Morgan fingerprint density at radius 1 is 1.35 bits per heavy atom. The first-order chi connectivity index (χ1) is 10.9. The third-order valence-corrected chi connectivity index (χ3v) is 6.78. The van der Waals surface area contributed by atoms with Crippen LogP contribution >= 0.6 is 0 Å². The predicted octanol–water partition coefficient (Wildman–Crippen LogP) is 0.517. The molecule has 1 aliphatic carbocycles. The van der Waals surface area contributed by atoms with Crippen molar-refractivity contribution < 1.29 is 18.0 Å². The quantitative estimate of drug-likeness (QED) is 0.869. The number of carbonyl (C=O) groups is 2. The van der Waals surface area contributed by atoms with Crippen molar-refractivity contribution in [1.29, 1.82) is 0 Å². The fourth-order valence-corrected chi connectivity index (χ4v) is 5.46. The normalized spacial score (nSPS) is 25.4. The lowest BCUT2D eigenvalue weighted by Gasteiger charge is -2.35. The van der Waals surface area contributed by atoms with Gasteiger partial charge in [-0.1, -0.05) is 6.42 Å². The number of hydrogen-bond acceptors (Lipinski definition) is 4. The molecule has 1 aliphatic heterocycles. The van der Waals surface area contributed by atoms with Crippen LogP contribution in [0.4, 0.5) is 0 Å². The molecule has 3 rings (SSSR count). The molecule has 8 heteroatoms.